The van der Waals surface area contributed by atoms with Gasteiger partial charge in [0.2, 0.25) is 0 Å². The number of hydrogen-bond acceptors (Lipinski definition) is 3. The Balaban J connectivity index is 2.40. The molecule has 22 heavy (non-hydrogen) atoms. The Morgan fingerprint density at radius 1 is 1.09 bits per heavy atom. The van der Waals surface area contributed by atoms with Crippen LogP contribution in [0.2, 0.25) is 0 Å². The van der Waals surface area contributed by atoms with Crippen molar-refractivity contribution < 1.29 is 9.53 Å². The maximum Gasteiger partial charge on any atom is 0.340 e. The molecule has 0 fully saturated rings. The summed E-state index contributed by atoms with van der Waals surface area (Å²) in [6, 6.07) is 14.5. The minimum atomic E-state index is -0.459. The first-order chi connectivity index (χ1) is 10.6. The van der Waals surface area contributed by atoms with Gasteiger partial charge in [-0.25, -0.2) is 4.79 Å². The van der Waals surface area contributed by atoms with Gasteiger partial charge in [0.05, 0.1) is 18.2 Å². The van der Waals surface area contributed by atoms with Crippen LogP contribution < -0.4 is 5.56 Å². The average molecular weight is 293 g/mol. The molecule has 4 nitrogen and oxygen atoms in total. The number of nitrogens with zero attached hydrogens (tertiary/aromatic N) is 1. The molecule has 3 rings (SSSR count). The molecule has 2 aromatic heterocycles. The lowest BCUT2D eigenvalue weighted by Gasteiger charge is -2.12. The van der Waals surface area contributed by atoms with Crippen molar-refractivity contribution in [3.8, 4) is 11.1 Å². The first-order valence-electron chi connectivity index (χ1n) is 6.91. The minimum absolute atomic E-state index is 0.182. The molecule has 110 valence electrons. The molecule has 0 amide bonds. The smallest absolute Gasteiger partial charge is 0.340 e. The lowest BCUT2D eigenvalue weighted by Crippen LogP contribution is -2.17. The zero-order valence-corrected chi connectivity index (χ0v) is 12.4. The fourth-order valence-electron chi connectivity index (χ4n) is 2.52. The van der Waals surface area contributed by atoms with Crippen molar-refractivity contribution in [2.24, 2.45) is 0 Å². The third-order valence-electron chi connectivity index (χ3n) is 3.64. The molecule has 0 saturated heterocycles. The van der Waals surface area contributed by atoms with Crippen molar-refractivity contribution in [1.82, 2.24) is 4.40 Å². The van der Waals surface area contributed by atoms with Gasteiger partial charge in [0, 0.05) is 17.8 Å². The van der Waals surface area contributed by atoms with Crippen LogP contribution in [0.25, 0.3) is 16.6 Å². The van der Waals surface area contributed by atoms with Crippen LogP contribution in [0.15, 0.2) is 59.5 Å². The van der Waals surface area contributed by atoms with E-state index in [0.29, 0.717) is 16.6 Å². The number of benzene rings is 1. The molecule has 0 spiro atoms. The van der Waals surface area contributed by atoms with Crippen molar-refractivity contribution in [2.75, 3.05) is 7.11 Å². The highest BCUT2D eigenvalue weighted by Crippen LogP contribution is 2.26. The van der Waals surface area contributed by atoms with Crippen LogP contribution in [0, 0.1) is 6.92 Å². The monoisotopic (exact) mass is 293 g/mol. The fraction of sp³-hybridized carbons (Fsp3) is 0.111. The summed E-state index contributed by atoms with van der Waals surface area (Å²) in [5.74, 6) is -0.459. The summed E-state index contributed by atoms with van der Waals surface area (Å²) in [6.45, 7) is 1.99. The van der Waals surface area contributed by atoms with Gasteiger partial charge in [0.15, 0.2) is 0 Å². The Kier molecular flexibility index (Phi) is 3.51. The van der Waals surface area contributed by atoms with E-state index in [4.69, 9.17) is 4.74 Å². The summed E-state index contributed by atoms with van der Waals surface area (Å²) in [6.07, 6.45) is 1.64. The Morgan fingerprint density at radius 2 is 1.82 bits per heavy atom. The van der Waals surface area contributed by atoms with Gasteiger partial charge in [-0.05, 0) is 24.6 Å². The Hall–Kier alpha value is -2.88. The third-order valence-corrected chi connectivity index (χ3v) is 3.64. The molecule has 0 aliphatic carbocycles. The lowest BCUT2D eigenvalue weighted by molar-refractivity contribution is 0.0603. The number of hydrogen-bond donors (Lipinski definition) is 0. The van der Waals surface area contributed by atoms with Gasteiger partial charge in [0.1, 0.15) is 0 Å². The van der Waals surface area contributed by atoms with E-state index in [1.165, 1.54) is 17.6 Å². The quantitative estimate of drug-likeness (QED) is 0.682. The molecule has 3 aromatic rings. The van der Waals surface area contributed by atoms with Crippen molar-refractivity contribution in [2.45, 2.75) is 6.92 Å². The second kappa shape index (κ2) is 5.48. The molecular formula is C18H15NO3. The highest BCUT2D eigenvalue weighted by Gasteiger charge is 2.18. The largest absolute Gasteiger partial charge is 0.465 e. The topological polar surface area (TPSA) is 47.8 Å². The van der Waals surface area contributed by atoms with Crippen molar-refractivity contribution >= 4 is 11.5 Å². The Labute approximate surface area is 127 Å². The normalized spacial score (nSPS) is 10.6. The summed E-state index contributed by atoms with van der Waals surface area (Å²) in [4.78, 5) is 24.6. The maximum absolute atomic E-state index is 12.3. The summed E-state index contributed by atoms with van der Waals surface area (Å²) in [5.41, 5.74) is 3.26. The number of esters is 1. The Bertz CT molecular complexity index is 908. The van der Waals surface area contributed by atoms with Crippen LogP contribution in [0.1, 0.15) is 15.9 Å². The molecule has 4 heteroatoms. The molecule has 0 aliphatic heterocycles. The van der Waals surface area contributed by atoms with Gasteiger partial charge in [-0.3, -0.25) is 9.20 Å². The number of aryl methyl sites for hydroxylation is 1. The van der Waals surface area contributed by atoms with Gasteiger partial charge in [0.25, 0.3) is 5.56 Å². The number of carbonyl (C=O) groups is 1. The van der Waals surface area contributed by atoms with Crippen LogP contribution >= 0.6 is 0 Å². The van der Waals surface area contributed by atoms with Crippen molar-refractivity contribution in [1.29, 1.82) is 0 Å². The van der Waals surface area contributed by atoms with E-state index in [1.54, 1.807) is 24.4 Å². The second-order valence-corrected chi connectivity index (χ2v) is 5.08. The molecule has 0 unspecified atom stereocenters. The third kappa shape index (κ3) is 2.29. The summed E-state index contributed by atoms with van der Waals surface area (Å²) >= 11 is 0. The highest BCUT2D eigenvalue weighted by atomic mass is 16.5. The van der Waals surface area contributed by atoms with Gasteiger partial charge in [-0.15, -0.1) is 0 Å². The van der Waals surface area contributed by atoms with Gasteiger partial charge in [-0.1, -0.05) is 35.9 Å². The molecule has 0 saturated carbocycles. The molecule has 0 radical (unpaired) electrons. The number of rotatable bonds is 2. The molecule has 1 aromatic carbocycles. The predicted molar refractivity (Wildman–Crippen MR) is 85.2 cm³/mol. The lowest BCUT2D eigenvalue weighted by atomic mass is 9.98. The zero-order chi connectivity index (χ0) is 15.7. The number of ether oxygens (including phenoxy) is 1. The average Bonchev–Trinajstić information content (AvgIpc) is 2.55. The molecule has 2 heterocycles. The minimum Gasteiger partial charge on any atom is -0.465 e. The summed E-state index contributed by atoms with van der Waals surface area (Å²) < 4.78 is 6.36. The van der Waals surface area contributed by atoms with E-state index < -0.39 is 5.97 Å². The molecule has 0 bridgehead atoms. The highest BCUT2D eigenvalue weighted by molar-refractivity contribution is 6.03. The van der Waals surface area contributed by atoms with Crippen LogP contribution in [-0.4, -0.2) is 17.5 Å². The van der Waals surface area contributed by atoms with Crippen LogP contribution in [0.5, 0.6) is 0 Å². The Morgan fingerprint density at radius 3 is 2.50 bits per heavy atom. The molecular weight excluding hydrogens is 278 g/mol. The SMILES string of the molecule is COC(=O)c1c(-c2ccc(C)cc2)cc(=O)n2ccccc12. The van der Waals surface area contributed by atoms with Crippen LogP contribution in [0.4, 0.5) is 0 Å². The second-order valence-electron chi connectivity index (χ2n) is 5.08. The molecule has 0 N–H and O–H groups in total. The molecule has 0 atom stereocenters. The maximum atomic E-state index is 12.3. The van der Waals surface area contributed by atoms with E-state index >= 15 is 0 Å². The number of aromatic nitrogens is 1. The van der Waals surface area contributed by atoms with Crippen molar-refractivity contribution in [3.63, 3.8) is 0 Å². The molecule has 0 aliphatic rings. The zero-order valence-electron chi connectivity index (χ0n) is 12.4. The van der Waals surface area contributed by atoms with E-state index in [1.807, 2.05) is 31.2 Å². The van der Waals surface area contributed by atoms with Crippen LogP contribution in [0.3, 0.4) is 0 Å². The predicted octanol–water partition coefficient (Wildman–Crippen LogP) is 3.06. The fourth-order valence-corrected chi connectivity index (χ4v) is 2.52. The van der Waals surface area contributed by atoms with Gasteiger partial charge >= 0.3 is 5.97 Å². The number of fused-ring (bicyclic) bond motifs is 1. The summed E-state index contributed by atoms with van der Waals surface area (Å²) in [5, 5.41) is 0. The first-order valence-corrected chi connectivity index (χ1v) is 6.91. The van der Waals surface area contributed by atoms with E-state index in [2.05, 4.69) is 0 Å². The number of carbonyl (C=O) groups excluding carboxylic acids is 1. The number of methoxy groups -OCH3 is 1. The standard InChI is InChI=1S/C18H15NO3/c1-12-6-8-13(9-7-12)14-11-16(20)19-10-4-3-5-15(19)17(14)18(21)22-2/h3-11H,1-2H3. The van der Waals surface area contributed by atoms with Crippen molar-refractivity contribution in [3.05, 3.63) is 76.2 Å². The van der Waals surface area contributed by atoms with Gasteiger partial charge in [-0.2, -0.15) is 0 Å². The summed E-state index contributed by atoms with van der Waals surface area (Å²) in [7, 11) is 1.34. The van der Waals surface area contributed by atoms with E-state index in [-0.39, 0.29) is 5.56 Å². The van der Waals surface area contributed by atoms with E-state index in [9.17, 15) is 9.59 Å². The number of pyridine rings is 2. The first kappa shape index (κ1) is 14.1. The van der Waals surface area contributed by atoms with Crippen LogP contribution in [-0.2, 0) is 4.74 Å². The van der Waals surface area contributed by atoms with E-state index in [0.717, 1.165) is 11.1 Å². The van der Waals surface area contributed by atoms with Gasteiger partial charge < -0.3 is 4.74 Å².